The summed E-state index contributed by atoms with van der Waals surface area (Å²) in [6.07, 6.45) is 0.709. The number of carbonyl (C=O) groups is 1. The summed E-state index contributed by atoms with van der Waals surface area (Å²) in [5.41, 5.74) is 5.25. The van der Waals surface area contributed by atoms with E-state index in [2.05, 4.69) is 5.32 Å². The third-order valence-electron chi connectivity index (χ3n) is 4.45. The second-order valence-electron chi connectivity index (χ2n) is 5.60. The topological polar surface area (TPSA) is 75.4 Å². The van der Waals surface area contributed by atoms with Gasteiger partial charge < -0.3 is 16.2 Å². The number of aliphatic hydroxyl groups excluding tert-OH is 1. The molecule has 0 aliphatic carbocycles. The average Bonchev–Trinajstić information content (AvgIpc) is 2.99. The van der Waals surface area contributed by atoms with Gasteiger partial charge in [0.25, 0.3) is 0 Å². The van der Waals surface area contributed by atoms with Crippen LogP contribution in [0.4, 0.5) is 0 Å². The number of aliphatic hydroxyl groups is 1. The van der Waals surface area contributed by atoms with Gasteiger partial charge in [-0.05, 0) is 30.4 Å². The van der Waals surface area contributed by atoms with Gasteiger partial charge in [0.05, 0.1) is 5.41 Å². The standard InChI is InChI=1S/C17H24N2O2S/c1-3-17(4-2,11-18)16(21)19-10-13(20)15-9-12-7-5-6-8-14(12)22-15/h5-9,13,20H,3-4,10-11,18H2,1-2H3,(H,19,21). The van der Waals surface area contributed by atoms with E-state index in [0.717, 1.165) is 15.0 Å². The number of carbonyl (C=O) groups excluding carboxylic acids is 1. The minimum absolute atomic E-state index is 0.0693. The van der Waals surface area contributed by atoms with Crippen molar-refractivity contribution in [1.82, 2.24) is 5.32 Å². The summed E-state index contributed by atoms with van der Waals surface area (Å²) in [4.78, 5) is 13.2. The maximum absolute atomic E-state index is 12.4. The summed E-state index contributed by atoms with van der Waals surface area (Å²) >= 11 is 1.56. The minimum Gasteiger partial charge on any atom is -0.386 e. The van der Waals surface area contributed by atoms with Crippen molar-refractivity contribution in [3.05, 3.63) is 35.2 Å². The van der Waals surface area contributed by atoms with Crippen LogP contribution in [-0.4, -0.2) is 24.1 Å². The van der Waals surface area contributed by atoms with Crippen molar-refractivity contribution in [2.24, 2.45) is 11.1 Å². The average molecular weight is 320 g/mol. The van der Waals surface area contributed by atoms with Crippen molar-refractivity contribution in [2.75, 3.05) is 13.1 Å². The van der Waals surface area contributed by atoms with Crippen molar-refractivity contribution in [3.63, 3.8) is 0 Å². The van der Waals surface area contributed by atoms with E-state index in [1.807, 2.05) is 44.2 Å². The lowest BCUT2D eigenvalue weighted by molar-refractivity contribution is -0.131. The molecule has 0 fully saturated rings. The van der Waals surface area contributed by atoms with E-state index in [-0.39, 0.29) is 12.5 Å². The molecule has 1 aromatic heterocycles. The summed E-state index contributed by atoms with van der Waals surface area (Å²) in [7, 11) is 0. The maximum atomic E-state index is 12.4. The molecule has 0 radical (unpaired) electrons. The van der Waals surface area contributed by atoms with Crippen LogP contribution in [0.25, 0.3) is 10.1 Å². The number of amides is 1. The Balaban J connectivity index is 2.03. The normalized spacial score (nSPS) is 13.3. The molecule has 1 unspecified atom stereocenters. The van der Waals surface area contributed by atoms with Gasteiger partial charge in [0.15, 0.2) is 0 Å². The Bertz CT molecular complexity index is 593. The first-order valence-corrected chi connectivity index (χ1v) is 8.53. The molecule has 0 saturated heterocycles. The zero-order valence-corrected chi connectivity index (χ0v) is 14.0. The Morgan fingerprint density at radius 1 is 1.36 bits per heavy atom. The van der Waals surface area contributed by atoms with Crippen LogP contribution in [0, 0.1) is 5.41 Å². The third kappa shape index (κ3) is 3.32. The van der Waals surface area contributed by atoms with Crippen molar-refractivity contribution >= 4 is 27.3 Å². The SMILES string of the molecule is CCC(CC)(CN)C(=O)NCC(O)c1cc2ccccc2s1. The van der Waals surface area contributed by atoms with Gasteiger partial charge in [-0.1, -0.05) is 32.0 Å². The highest BCUT2D eigenvalue weighted by Crippen LogP contribution is 2.30. The van der Waals surface area contributed by atoms with E-state index >= 15 is 0 Å². The van der Waals surface area contributed by atoms with E-state index in [4.69, 9.17) is 5.73 Å². The Labute approximate surface area is 135 Å². The minimum atomic E-state index is -0.689. The van der Waals surface area contributed by atoms with Gasteiger partial charge in [-0.3, -0.25) is 4.79 Å². The Morgan fingerprint density at radius 2 is 2.05 bits per heavy atom. The van der Waals surface area contributed by atoms with Gasteiger partial charge >= 0.3 is 0 Å². The smallest absolute Gasteiger partial charge is 0.227 e. The molecular weight excluding hydrogens is 296 g/mol. The second-order valence-corrected chi connectivity index (χ2v) is 6.72. The van der Waals surface area contributed by atoms with E-state index in [1.54, 1.807) is 11.3 Å². The molecular formula is C17H24N2O2S. The summed E-state index contributed by atoms with van der Waals surface area (Å²) in [5, 5.41) is 14.3. The van der Waals surface area contributed by atoms with Crippen molar-refractivity contribution < 1.29 is 9.90 Å². The fourth-order valence-electron chi connectivity index (χ4n) is 2.60. The van der Waals surface area contributed by atoms with Crippen LogP contribution >= 0.6 is 11.3 Å². The highest BCUT2D eigenvalue weighted by Gasteiger charge is 2.33. The second kappa shape index (κ2) is 7.22. The molecule has 0 spiro atoms. The zero-order chi connectivity index (χ0) is 16.2. The predicted octanol–water partition coefficient (Wildman–Crippen LogP) is 2.82. The number of fused-ring (bicyclic) bond motifs is 1. The van der Waals surface area contributed by atoms with E-state index in [9.17, 15) is 9.90 Å². The maximum Gasteiger partial charge on any atom is 0.227 e. The lowest BCUT2D eigenvalue weighted by Crippen LogP contribution is -2.46. The molecule has 0 saturated carbocycles. The van der Waals surface area contributed by atoms with Gasteiger partial charge in [-0.25, -0.2) is 0 Å². The molecule has 1 aromatic carbocycles. The molecule has 120 valence electrons. The van der Waals surface area contributed by atoms with Crippen LogP contribution in [0.3, 0.4) is 0 Å². The predicted molar refractivity (Wildman–Crippen MR) is 91.9 cm³/mol. The van der Waals surface area contributed by atoms with E-state index < -0.39 is 11.5 Å². The first-order chi connectivity index (χ1) is 10.6. The first kappa shape index (κ1) is 16.9. The molecule has 1 amide bonds. The van der Waals surface area contributed by atoms with E-state index in [1.165, 1.54) is 0 Å². The number of nitrogens with one attached hydrogen (secondary N) is 1. The first-order valence-electron chi connectivity index (χ1n) is 7.71. The Morgan fingerprint density at radius 3 is 2.64 bits per heavy atom. The van der Waals surface area contributed by atoms with Crippen molar-refractivity contribution in [3.8, 4) is 0 Å². The van der Waals surface area contributed by atoms with Crippen molar-refractivity contribution in [2.45, 2.75) is 32.8 Å². The number of thiophene rings is 1. The van der Waals surface area contributed by atoms with E-state index in [0.29, 0.717) is 19.4 Å². The fourth-order valence-corrected chi connectivity index (χ4v) is 3.65. The van der Waals surface area contributed by atoms with Crippen LogP contribution in [0.15, 0.2) is 30.3 Å². The summed E-state index contributed by atoms with van der Waals surface area (Å²) in [6, 6.07) is 9.99. The number of nitrogens with two attached hydrogens (primary N) is 1. The lowest BCUT2D eigenvalue weighted by atomic mass is 9.81. The molecule has 4 nitrogen and oxygen atoms in total. The molecule has 5 heteroatoms. The van der Waals surface area contributed by atoms with Gasteiger partial charge in [0, 0.05) is 22.7 Å². The van der Waals surface area contributed by atoms with Crippen LogP contribution < -0.4 is 11.1 Å². The van der Waals surface area contributed by atoms with Crippen LogP contribution in [0.1, 0.15) is 37.7 Å². The number of benzene rings is 1. The summed E-state index contributed by atoms with van der Waals surface area (Å²) in [5.74, 6) is -0.0693. The molecule has 2 rings (SSSR count). The highest BCUT2D eigenvalue weighted by atomic mass is 32.1. The molecule has 1 heterocycles. The number of hydrogen-bond donors (Lipinski definition) is 3. The molecule has 22 heavy (non-hydrogen) atoms. The number of hydrogen-bond acceptors (Lipinski definition) is 4. The lowest BCUT2D eigenvalue weighted by Gasteiger charge is -2.29. The van der Waals surface area contributed by atoms with Crippen LogP contribution in [0.5, 0.6) is 0 Å². The molecule has 1 atom stereocenters. The zero-order valence-electron chi connectivity index (χ0n) is 13.1. The molecule has 4 N–H and O–H groups in total. The van der Waals surface area contributed by atoms with Gasteiger partial charge in [-0.2, -0.15) is 0 Å². The van der Waals surface area contributed by atoms with Gasteiger partial charge in [-0.15, -0.1) is 11.3 Å². The fraction of sp³-hybridized carbons (Fsp3) is 0.471. The summed E-state index contributed by atoms with van der Waals surface area (Å²) < 4.78 is 1.14. The Hall–Kier alpha value is -1.43. The van der Waals surface area contributed by atoms with Crippen LogP contribution in [-0.2, 0) is 4.79 Å². The molecule has 0 bridgehead atoms. The summed E-state index contributed by atoms with van der Waals surface area (Å²) in [6.45, 7) is 4.48. The number of rotatable bonds is 7. The largest absolute Gasteiger partial charge is 0.386 e. The van der Waals surface area contributed by atoms with Crippen LogP contribution in [0.2, 0.25) is 0 Å². The van der Waals surface area contributed by atoms with Gasteiger partial charge in [0.2, 0.25) is 5.91 Å². The highest BCUT2D eigenvalue weighted by molar-refractivity contribution is 7.19. The monoisotopic (exact) mass is 320 g/mol. The third-order valence-corrected chi connectivity index (χ3v) is 5.67. The Kier molecular flexibility index (Phi) is 5.56. The molecule has 0 aliphatic heterocycles. The molecule has 0 aliphatic rings. The van der Waals surface area contributed by atoms with Gasteiger partial charge in [0.1, 0.15) is 6.10 Å². The van der Waals surface area contributed by atoms with Crippen molar-refractivity contribution in [1.29, 1.82) is 0 Å². The quantitative estimate of drug-likeness (QED) is 0.734. The molecule has 2 aromatic rings.